The van der Waals surface area contributed by atoms with Gasteiger partial charge in [0.2, 0.25) is 0 Å². The first-order chi connectivity index (χ1) is 12.4. The Morgan fingerprint density at radius 2 is 1.88 bits per heavy atom. The first-order valence-corrected chi connectivity index (χ1v) is 9.49. The zero-order valence-corrected chi connectivity index (χ0v) is 16.0. The van der Waals surface area contributed by atoms with E-state index in [0.29, 0.717) is 11.3 Å². The highest BCUT2D eigenvalue weighted by Crippen LogP contribution is 2.27. The number of aromatic nitrogens is 1. The summed E-state index contributed by atoms with van der Waals surface area (Å²) in [6.07, 6.45) is 4.67. The molecule has 1 fully saturated rings. The number of ether oxygens (including phenoxy) is 1. The third-order valence-electron chi connectivity index (χ3n) is 4.98. The van der Waals surface area contributed by atoms with Crippen LogP contribution in [0.1, 0.15) is 75.2 Å². The predicted molar refractivity (Wildman–Crippen MR) is 99.2 cm³/mol. The van der Waals surface area contributed by atoms with E-state index in [1.54, 1.807) is 13.0 Å². The number of nitrogens with zero attached hydrogens (tertiary/aromatic N) is 1. The van der Waals surface area contributed by atoms with Gasteiger partial charge in [0.05, 0.1) is 5.52 Å². The highest BCUT2D eigenvalue weighted by Gasteiger charge is 2.26. The van der Waals surface area contributed by atoms with Gasteiger partial charge in [0.25, 0.3) is 5.91 Å². The van der Waals surface area contributed by atoms with Crippen LogP contribution in [0.5, 0.6) is 0 Å². The predicted octanol–water partition coefficient (Wildman–Crippen LogP) is 4.12. The molecule has 6 nitrogen and oxygen atoms in total. The van der Waals surface area contributed by atoms with E-state index in [1.165, 1.54) is 6.42 Å². The monoisotopic (exact) mass is 360 g/mol. The van der Waals surface area contributed by atoms with Gasteiger partial charge < -0.3 is 19.0 Å². The van der Waals surface area contributed by atoms with Gasteiger partial charge in [-0.25, -0.2) is 4.79 Å². The van der Waals surface area contributed by atoms with Gasteiger partial charge in [-0.05, 0) is 40.5 Å². The first kappa shape index (κ1) is 18.5. The molecule has 1 aliphatic carbocycles. The van der Waals surface area contributed by atoms with Gasteiger partial charge in [-0.3, -0.25) is 4.79 Å². The van der Waals surface area contributed by atoms with E-state index in [2.05, 4.69) is 5.32 Å². The number of amides is 1. The Labute approximate surface area is 153 Å². The first-order valence-electron chi connectivity index (χ1n) is 9.49. The van der Waals surface area contributed by atoms with Gasteiger partial charge in [0, 0.05) is 24.2 Å². The Kier molecular flexibility index (Phi) is 5.39. The lowest BCUT2D eigenvalue weighted by Crippen LogP contribution is -2.42. The minimum absolute atomic E-state index is 0.0680. The van der Waals surface area contributed by atoms with E-state index in [1.807, 2.05) is 31.4 Å². The van der Waals surface area contributed by atoms with E-state index in [0.717, 1.165) is 37.0 Å². The molecule has 2 aromatic rings. The van der Waals surface area contributed by atoms with Crippen LogP contribution in [0.3, 0.4) is 0 Å². The number of nitrogens with one attached hydrogen (secondary N) is 1. The van der Waals surface area contributed by atoms with Crippen molar-refractivity contribution in [3.05, 3.63) is 23.6 Å². The van der Waals surface area contributed by atoms with Gasteiger partial charge in [-0.1, -0.05) is 19.3 Å². The molecule has 0 radical (unpaired) electrons. The van der Waals surface area contributed by atoms with E-state index in [4.69, 9.17) is 9.15 Å². The number of carbonyl (C=O) groups is 2. The number of furan rings is 1. The Morgan fingerprint density at radius 1 is 1.19 bits per heavy atom. The fraction of sp³-hybridized carbons (Fsp3) is 0.600. The molecule has 1 amide bonds. The highest BCUT2D eigenvalue weighted by molar-refractivity contribution is 5.96. The lowest BCUT2D eigenvalue weighted by molar-refractivity contribution is -0.130. The molecule has 0 spiro atoms. The second kappa shape index (κ2) is 7.56. The topological polar surface area (TPSA) is 73.5 Å². The number of hydrogen-bond acceptors (Lipinski definition) is 4. The molecule has 1 unspecified atom stereocenters. The van der Waals surface area contributed by atoms with Crippen LogP contribution in [0.15, 0.2) is 16.5 Å². The zero-order chi connectivity index (χ0) is 18.8. The Morgan fingerprint density at radius 3 is 2.54 bits per heavy atom. The van der Waals surface area contributed by atoms with E-state index < -0.39 is 12.1 Å². The van der Waals surface area contributed by atoms with Crippen LogP contribution in [-0.2, 0) is 9.53 Å². The number of carbonyl (C=O) groups excluding carboxylic acids is 2. The van der Waals surface area contributed by atoms with Gasteiger partial charge in [0.15, 0.2) is 11.7 Å². The maximum Gasteiger partial charge on any atom is 0.355 e. The summed E-state index contributed by atoms with van der Waals surface area (Å²) in [4.78, 5) is 25.0. The minimum Gasteiger partial charge on any atom is -0.460 e. The summed E-state index contributed by atoms with van der Waals surface area (Å²) in [5.41, 5.74) is 1.93. The molecule has 3 rings (SSSR count). The average molecular weight is 360 g/mol. The van der Waals surface area contributed by atoms with Crippen molar-refractivity contribution < 1.29 is 18.7 Å². The van der Waals surface area contributed by atoms with Crippen molar-refractivity contribution in [2.45, 2.75) is 78.0 Å². The number of esters is 1. The van der Waals surface area contributed by atoms with Crippen molar-refractivity contribution in [2.75, 3.05) is 0 Å². The smallest absolute Gasteiger partial charge is 0.355 e. The third kappa shape index (κ3) is 3.79. The second-order valence-electron chi connectivity index (χ2n) is 7.49. The van der Waals surface area contributed by atoms with Gasteiger partial charge in [-0.15, -0.1) is 0 Å². The Bertz CT molecular complexity index is 796. The fourth-order valence-electron chi connectivity index (χ4n) is 3.69. The molecule has 2 aromatic heterocycles. The summed E-state index contributed by atoms with van der Waals surface area (Å²) in [7, 11) is 0. The van der Waals surface area contributed by atoms with Crippen LogP contribution in [0.25, 0.3) is 11.1 Å². The molecule has 1 atom stereocenters. The average Bonchev–Trinajstić information content (AvgIpc) is 3.11. The minimum atomic E-state index is -0.826. The fourth-order valence-corrected chi connectivity index (χ4v) is 3.69. The van der Waals surface area contributed by atoms with Crippen molar-refractivity contribution >= 4 is 23.0 Å². The maximum atomic E-state index is 12.7. The number of aryl methyl sites for hydroxylation is 1. The highest BCUT2D eigenvalue weighted by atomic mass is 16.5. The molecule has 26 heavy (non-hydrogen) atoms. The number of rotatable bonds is 5. The Balaban J connectivity index is 1.70. The van der Waals surface area contributed by atoms with E-state index in [-0.39, 0.29) is 18.0 Å². The molecule has 0 aromatic carbocycles. The van der Waals surface area contributed by atoms with Crippen LogP contribution in [-0.4, -0.2) is 28.6 Å². The normalized spacial score (nSPS) is 16.8. The van der Waals surface area contributed by atoms with Gasteiger partial charge in [0.1, 0.15) is 11.5 Å². The van der Waals surface area contributed by atoms with Crippen molar-refractivity contribution in [1.29, 1.82) is 0 Å². The van der Waals surface area contributed by atoms with Crippen LogP contribution < -0.4 is 5.32 Å². The molecule has 0 aliphatic heterocycles. The van der Waals surface area contributed by atoms with Crippen LogP contribution in [0.4, 0.5) is 0 Å². The second-order valence-corrected chi connectivity index (χ2v) is 7.49. The van der Waals surface area contributed by atoms with Crippen LogP contribution in [0.2, 0.25) is 0 Å². The zero-order valence-electron chi connectivity index (χ0n) is 16.0. The molecule has 142 valence electrons. The summed E-state index contributed by atoms with van der Waals surface area (Å²) in [6, 6.07) is 3.86. The van der Waals surface area contributed by atoms with Gasteiger partial charge >= 0.3 is 5.97 Å². The summed E-state index contributed by atoms with van der Waals surface area (Å²) >= 11 is 0. The van der Waals surface area contributed by atoms with Gasteiger partial charge in [-0.2, -0.15) is 0 Å². The van der Waals surface area contributed by atoms with Crippen molar-refractivity contribution in [1.82, 2.24) is 9.88 Å². The third-order valence-corrected chi connectivity index (χ3v) is 4.98. The molecule has 1 aliphatic rings. The molecular weight excluding hydrogens is 332 g/mol. The lowest BCUT2D eigenvalue weighted by atomic mass is 9.95. The van der Waals surface area contributed by atoms with Crippen molar-refractivity contribution in [3.63, 3.8) is 0 Å². The van der Waals surface area contributed by atoms with E-state index >= 15 is 0 Å². The largest absolute Gasteiger partial charge is 0.460 e. The molecular formula is C20H28N2O4. The quantitative estimate of drug-likeness (QED) is 0.814. The molecule has 0 saturated heterocycles. The molecule has 1 N–H and O–H groups in total. The van der Waals surface area contributed by atoms with Crippen LogP contribution in [0, 0.1) is 6.92 Å². The number of hydrogen-bond donors (Lipinski definition) is 1. The molecule has 2 heterocycles. The standard InChI is InChI=1S/C20H28N2O4/c1-12(2)22-16-10-13(3)25-18(16)11-17(22)20(24)26-14(4)19(23)21-15-8-6-5-7-9-15/h10-12,14-15H,5-9H2,1-4H3,(H,21,23). The summed E-state index contributed by atoms with van der Waals surface area (Å²) in [6.45, 7) is 7.49. The Hall–Kier alpha value is -2.24. The summed E-state index contributed by atoms with van der Waals surface area (Å²) in [5.74, 6) is 0.0611. The van der Waals surface area contributed by atoms with Crippen molar-refractivity contribution in [3.8, 4) is 0 Å². The van der Waals surface area contributed by atoms with Crippen molar-refractivity contribution in [2.24, 2.45) is 0 Å². The van der Waals surface area contributed by atoms with Crippen LogP contribution >= 0.6 is 0 Å². The van der Waals surface area contributed by atoms with E-state index in [9.17, 15) is 9.59 Å². The number of fused-ring (bicyclic) bond motifs is 1. The maximum absolute atomic E-state index is 12.7. The SMILES string of the molecule is Cc1cc2c(cc(C(=O)OC(C)C(=O)NC3CCCCC3)n2C(C)C)o1. The summed E-state index contributed by atoms with van der Waals surface area (Å²) < 4.78 is 13.0. The lowest BCUT2D eigenvalue weighted by Gasteiger charge is -2.24. The molecule has 6 heteroatoms. The molecule has 0 bridgehead atoms. The molecule has 1 saturated carbocycles. The summed E-state index contributed by atoms with van der Waals surface area (Å²) in [5, 5.41) is 3.00.